The topological polar surface area (TPSA) is 32.8 Å². The van der Waals surface area contributed by atoms with Crippen LogP contribution in [0.4, 0.5) is 34.1 Å². The molecule has 0 saturated carbocycles. The summed E-state index contributed by atoms with van der Waals surface area (Å²) in [4.78, 5) is 4.72. The normalized spacial score (nSPS) is 11.8. The molecule has 290 valence electrons. The molecule has 4 nitrogen and oxygen atoms in total. The lowest BCUT2D eigenvalue weighted by molar-refractivity contribution is 0.633. The van der Waals surface area contributed by atoms with E-state index in [9.17, 15) is 0 Å². The van der Waals surface area contributed by atoms with Gasteiger partial charge in [0, 0.05) is 67.2 Å². The average molecular weight is 777 g/mol. The average Bonchev–Trinajstić information content (AvgIpc) is 3.84. The fourth-order valence-corrected chi connectivity index (χ4v) is 9.10. The third-order valence-electron chi connectivity index (χ3n) is 12.6. The summed E-state index contributed by atoms with van der Waals surface area (Å²) in [5.74, 6) is 0. The summed E-state index contributed by atoms with van der Waals surface area (Å²) in [7, 11) is 0. The Labute approximate surface area is 349 Å². The fraction of sp³-hybridized carbons (Fsp3) is 0.107. The van der Waals surface area contributed by atoms with E-state index >= 15 is 0 Å². The van der Waals surface area contributed by atoms with Crippen LogP contribution in [-0.2, 0) is 0 Å². The van der Waals surface area contributed by atoms with E-state index in [4.69, 9.17) is 8.83 Å². The third-order valence-corrected chi connectivity index (χ3v) is 12.6. The number of rotatable bonds is 6. The Morgan fingerprint density at radius 3 is 1.07 bits per heavy atom. The lowest BCUT2D eigenvalue weighted by atomic mass is 9.98. The molecular weight excluding hydrogens is 733 g/mol. The zero-order chi connectivity index (χ0) is 40.8. The van der Waals surface area contributed by atoms with Crippen molar-refractivity contribution in [2.75, 3.05) is 9.80 Å². The minimum Gasteiger partial charge on any atom is -0.452 e. The zero-order valence-electron chi connectivity index (χ0n) is 34.7. The van der Waals surface area contributed by atoms with E-state index in [1.807, 2.05) is 0 Å². The molecule has 0 unspecified atom stereocenters. The summed E-state index contributed by atoms with van der Waals surface area (Å²) in [5, 5.41) is 8.80. The van der Waals surface area contributed by atoms with Crippen molar-refractivity contribution in [2.24, 2.45) is 0 Å². The second-order valence-electron chi connectivity index (χ2n) is 16.5. The summed E-state index contributed by atoms with van der Waals surface area (Å²) in [6.45, 7) is 13.0. The maximum atomic E-state index is 7.06. The van der Waals surface area contributed by atoms with Gasteiger partial charge in [0.15, 0.2) is 11.2 Å². The Bertz CT molecular complexity index is 3260. The van der Waals surface area contributed by atoms with Crippen LogP contribution in [-0.4, -0.2) is 0 Å². The van der Waals surface area contributed by atoms with Crippen molar-refractivity contribution in [3.8, 4) is 0 Å². The van der Waals surface area contributed by atoms with E-state index in [1.165, 1.54) is 33.4 Å². The Morgan fingerprint density at radius 2 is 0.683 bits per heavy atom. The van der Waals surface area contributed by atoms with E-state index in [2.05, 4.69) is 209 Å². The van der Waals surface area contributed by atoms with Crippen LogP contribution in [0, 0.1) is 41.5 Å². The molecule has 0 aliphatic carbocycles. The van der Waals surface area contributed by atoms with Crippen LogP contribution >= 0.6 is 0 Å². The number of nitrogens with zero attached hydrogens (tertiary/aromatic N) is 2. The van der Waals surface area contributed by atoms with Crippen molar-refractivity contribution in [3.05, 3.63) is 191 Å². The van der Waals surface area contributed by atoms with Gasteiger partial charge >= 0.3 is 0 Å². The minimum atomic E-state index is 0.754. The molecule has 0 aliphatic rings. The van der Waals surface area contributed by atoms with Gasteiger partial charge in [0.2, 0.25) is 0 Å². The molecule has 60 heavy (non-hydrogen) atoms. The van der Waals surface area contributed by atoms with Crippen LogP contribution in [0.3, 0.4) is 0 Å². The molecule has 0 spiro atoms. The molecule has 0 aliphatic heterocycles. The van der Waals surface area contributed by atoms with E-state index in [0.29, 0.717) is 0 Å². The van der Waals surface area contributed by atoms with E-state index < -0.39 is 0 Å². The molecule has 0 radical (unpaired) electrons. The summed E-state index contributed by atoms with van der Waals surface area (Å²) >= 11 is 0. The van der Waals surface area contributed by atoms with Crippen molar-refractivity contribution in [3.63, 3.8) is 0 Å². The first-order valence-electron chi connectivity index (χ1n) is 20.7. The maximum absolute atomic E-state index is 7.06. The van der Waals surface area contributed by atoms with E-state index in [1.54, 1.807) is 0 Å². The molecule has 9 aromatic carbocycles. The first-order valence-corrected chi connectivity index (χ1v) is 20.7. The number of furan rings is 2. The van der Waals surface area contributed by atoms with Crippen LogP contribution in [0.1, 0.15) is 33.4 Å². The van der Waals surface area contributed by atoms with Crippen LogP contribution in [0.2, 0.25) is 0 Å². The fourth-order valence-electron chi connectivity index (χ4n) is 9.10. The van der Waals surface area contributed by atoms with Gasteiger partial charge in [-0.1, -0.05) is 96.1 Å². The monoisotopic (exact) mass is 776 g/mol. The number of anilines is 6. The summed E-state index contributed by atoms with van der Waals surface area (Å²) in [6, 6.07) is 57.3. The molecule has 0 atom stereocenters. The van der Waals surface area contributed by atoms with Crippen molar-refractivity contribution in [2.45, 2.75) is 41.5 Å². The predicted octanol–water partition coefficient (Wildman–Crippen LogP) is 16.6. The first kappa shape index (κ1) is 35.8. The second-order valence-corrected chi connectivity index (χ2v) is 16.5. The summed E-state index contributed by atoms with van der Waals surface area (Å²) in [6.07, 6.45) is 0. The zero-order valence-corrected chi connectivity index (χ0v) is 34.7. The highest BCUT2D eigenvalue weighted by atomic mass is 16.4. The molecule has 0 saturated heterocycles. The molecule has 0 amide bonds. The highest BCUT2D eigenvalue weighted by Crippen LogP contribution is 2.49. The highest BCUT2D eigenvalue weighted by molar-refractivity contribution is 6.29. The van der Waals surface area contributed by atoms with Gasteiger partial charge in [-0.15, -0.1) is 0 Å². The summed E-state index contributed by atoms with van der Waals surface area (Å²) in [5.41, 5.74) is 17.1. The summed E-state index contributed by atoms with van der Waals surface area (Å²) < 4.78 is 14.1. The lowest BCUT2D eigenvalue weighted by Gasteiger charge is -2.27. The molecule has 2 heterocycles. The number of aryl methyl sites for hydroxylation is 6. The second kappa shape index (κ2) is 13.6. The van der Waals surface area contributed by atoms with Crippen molar-refractivity contribution in [1.82, 2.24) is 0 Å². The van der Waals surface area contributed by atoms with Crippen LogP contribution in [0.25, 0.3) is 65.4 Å². The molecule has 2 aromatic heterocycles. The van der Waals surface area contributed by atoms with Gasteiger partial charge in [0.05, 0.1) is 11.4 Å². The SMILES string of the molecule is Cc1ccc(N(c2ccc(C)c(C)c2)c2cc3oc4c(ccc5c4oc4cc(N(c6ccc(C)cc6)c6ccc(C)c(C)c6)c6ccccc6c45)c3c3ccccc23)cc1. The number of fused-ring (bicyclic) bond motifs is 11. The minimum absolute atomic E-state index is 0.754. The van der Waals surface area contributed by atoms with E-state index in [-0.39, 0.29) is 0 Å². The molecule has 11 aromatic rings. The van der Waals surface area contributed by atoms with Crippen LogP contribution in [0.15, 0.2) is 167 Å². The molecule has 0 N–H and O–H groups in total. The predicted molar refractivity (Wildman–Crippen MR) is 254 cm³/mol. The van der Waals surface area contributed by atoms with Gasteiger partial charge in [-0.05, 0) is 135 Å². The first-order chi connectivity index (χ1) is 29.2. The Kier molecular flexibility index (Phi) is 8.15. The number of hydrogen-bond acceptors (Lipinski definition) is 4. The quantitative estimate of drug-likeness (QED) is 0.168. The Morgan fingerprint density at radius 1 is 0.317 bits per heavy atom. The highest BCUT2D eigenvalue weighted by Gasteiger charge is 2.25. The van der Waals surface area contributed by atoms with Gasteiger partial charge in [-0.25, -0.2) is 0 Å². The third kappa shape index (κ3) is 5.59. The Hall–Kier alpha value is -7.30. The molecule has 0 fully saturated rings. The number of benzene rings is 9. The Balaban J connectivity index is 1.18. The molecule has 11 rings (SSSR count). The van der Waals surface area contributed by atoms with Crippen molar-refractivity contribution < 1.29 is 8.83 Å². The van der Waals surface area contributed by atoms with Crippen LogP contribution in [0.5, 0.6) is 0 Å². The van der Waals surface area contributed by atoms with E-state index in [0.717, 1.165) is 99.5 Å². The van der Waals surface area contributed by atoms with Crippen LogP contribution < -0.4 is 9.80 Å². The van der Waals surface area contributed by atoms with Gasteiger partial charge in [0.1, 0.15) is 11.2 Å². The molecule has 0 bridgehead atoms. The standard InChI is InChI=1S/C56H44N2O2/c1-33-15-21-39(22-16-33)57(41-25-19-35(3)37(5)29-41)49-31-51-53(45-13-9-7-11-43(45)49)47-27-28-48-54-46-14-10-8-12-44(46)50(32-52(54)60-56(48)55(47)59-51)58(40-23-17-34(2)18-24-40)42-26-20-36(4)38(6)30-42/h7-32H,1-6H3. The maximum Gasteiger partial charge on any atom is 0.178 e. The van der Waals surface area contributed by atoms with Gasteiger partial charge in [-0.3, -0.25) is 0 Å². The van der Waals surface area contributed by atoms with Crippen molar-refractivity contribution in [1.29, 1.82) is 0 Å². The lowest BCUT2D eigenvalue weighted by Crippen LogP contribution is -2.11. The van der Waals surface area contributed by atoms with Gasteiger partial charge in [0.25, 0.3) is 0 Å². The largest absolute Gasteiger partial charge is 0.452 e. The number of hydrogen-bond donors (Lipinski definition) is 0. The van der Waals surface area contributed by atoms with Gasteiger partial charge < -0.3 is 18.6 Å². The molecular formula is C56H44N2O2. The van der Waals surface area contributed by atoms with Gasteiger partial charge in [-0.2, -0.15) is 0 Å². The van der Waals surface area contributed by atoms with Crippen molar-refractivity contribution >= 4 is 99.5 Å². The smallest absolute Gasteiger partial charge is 0.178 e. The molecule has 4 heteroatoms.